The minimum absolute atomic E-state index is 0.0232. The fraction of sp³-hybridized carbons (Fsp3) is 0.0769. The van der Waals surface area contributed by atoms with Crippen molar-refractivity contribution in [2.45, 2.75) is 9.79 Å². The van der Waals surface area contributed by atoms with E-state index in [1.54, 1.807) is 13.1 Å². The summed E-state index contributed by atoms with van der Waals surface area (Å²) in [6, 6.07) is 12.8. The van der Waals surface area contributed by atoms with Crippen LogP contribution in [0.3, 0.4) is 0 Å². The van der Waals surface area contributed by atoms with Crippen LogP contribution in [0.25, 0.3) is 0 Å². The second-order valence-corrected chi connectivity index (χ2v) is 5.19. The van der Waals surface area contributed by atoms with Crippen LogP contribution in [-0.4, -0.2) is 12.0 Å². The molecule has 98 valence electrons. The summed E-state index contributed by atoms with van der Waals surface area (Å²) in [7, 11) is 1.62. The van der Waals surface area contributed by atoms with Gasteiger partial charge in [-0.05, 0) is 18.2 Å². The van der Waals surface area contributed by atoms with Crippen LogP contribution < -0.4 is 5.32 Å². The summed E-state index contributed by atoms with van der Waals surface area (Å²) in [5, 5.41) is 14.1. The normalized spacial score (nSPS) is 10.2. The summed E-state index contributed by atoms with van der Waals surface area (Å²) in [4.78, 5) is 12.3. The van der Waals surface area contributed by atoms with Gasteiger partial charge in [0.25, 0.3) is 5.69 Å². The highest BCUT2D eigenvalue weighted by molar-refractivity contribution is 7.99. The maximum Gasteiger partial charge on any atom is 0.293 e. The first-order chi connectivity index (χ1) is 9.13. The molecule has 2 aromatic carbocycles. The van der Waals surface area contributed by atoms with Crippen molar-refractivity contribution in [1.29, 1.82) is 0 Å². The van der Waals surface area contributed by atoms with Crippen LogP contribution in [0.1, 0.15) is 0 Å². The average molecular weight is 295 g/mol. The summed E-state index contributed by atoms with van der Waals surface area (Å²) >= 11 is 7.69. The van der Waals surface area contributed by atoms with E-state index in [1.165, 1.54) is 17.8 Å². The highest BCUT2D eigenvalue weighted by Crippen LogP contribution is 2.41. The molecule has 4 nitrogen and oxygen atoms in total. The molecule has 19 heavy (non-hydrogen) atoms. The first-order valence-electron chi connectivity index (χ1n) is 5.51. The Kier molecular flexibility index (Phi) is 4.29. The van der Waals surface area contributed by atoms with E-state index >= 15 is 0 Å². The van der Waals surface area contributed by atoms with Gasteiger partial charge in [-0.25, -0.2) is 0 Å². The van der Waals surface area contributed by atoms with Gasteiger partial charge in [0.1, 0.15) is 5.69 Å². The molecule has 0 aliphatic rings. The highest BCUT2D eigenvalue weighted by Gasteiger charge is 2.19. The second kappa shape index (κ2) is 5.95. The van der Waals surface area contributed by atoms with Gasteiger partial charge in [0, 0.05) is 22.9 Å². The number of halogens is 1. The first kappa shape index (κ1) is 13.7. The van der Waals surface area contributed by atoms with Gasteiger partial charge in [0.2, 0.25) is 0 Å². The molecule has 6 heteroatoms. The number of nitrogens with zero attached hydrogens (tertiary/aromatic N) is 1. The molecule has 0 heterocycles. The van der Waals surface area contributed by atoms with E-state index in [-0.39, 0.29) is 5.69 Å². The smallest absolute Gasteiger partial charge is 0.293 e. The third-order valence-corrected chi connectivity index (χ3v) is 4.07. The minimum atomic E-state index is -0.450. The fourth-order valence-electron chi connectivity index (χ4n) is 1.63. The molecule has 0 amide bonds. The number of hydrogen-bond donors (Lipinski definition) is 1. The van der Waals surface area contributed by atoms with Gasteiger partial charge in [-0.2, -0.15) is 0 Å². The van der Waals surface area contributed by atoms with Crippen LogP contribution >= 0.6 is 23.4 Å². The van der Waals surface area contributed by atoms with Crippen LogP contribution in [-0.2, 0) is 0 Å². The first-order valence-corrected chi connectivity index (χ1v) is 6.70. The van der Waals surface area contributed by atoms with Gasteiger partial charge >= 0.3 is 0 Å². The number of hydrogen-bond acceptors (Lipinski definition) is 4. The quantitative estimate of drug-likeness (QED) is 0.669. The number of nitro benzene ring substituents is 1. The van der Waals surface area contributed by atoms with Crippen LogP contribution in [0.4, 0.5) is 11.4 Å². The van der Waals surface area contributed by atoms with E-state index in [0.29, 0.717) is 10.7 Å². The molecule has 2 aromatic rings. The van der Waals surface area contributed by atoms with Crippen LogP contribution in [0.2, 0.25) is 5.02 Å². The molecule has 0 aromatic heterocycles. The summed E-state index contributed by atoms with van der Waals surface area (Å²) in [5.74, 6) is 0. The van der Waals surface area contributed by atoms with Gasteiger partial charge in [-0.15, -0.1) is 0 Å². The summed E-state index contributed by atoms with van der Waals surface area (Å²) in [5.41, 5.74) is 0.317. The Bertz CT molecular complexity index is 605. The topological polar surface area (TPSA) is 55.2 Å². The molecular formula is C13H11ClN2O2S. The lowest BCUT2D eigenvalue weighted by Crippen LogP contribution is -1.98. The van der Waals surface area contributed by atoms with Gasteiger partial charge in [-0.3, -0.25) is 10.1 Å². The molecule has 0 radical (unpaired) electrons. The lowest BCUT2D eigenvalue weighted by atomic mass is 10.2. The van der Waals surface area contributed by atoms with Gasteiger partial charge in [0.15, 0.2) is 0 Å². The van der Waals surface area contributed by atoms with Gasteiger partial charge in [-0.1, -0.05) is 41.6 Å². The zero-order valence-corrected chi connectivity index (χ0v) is 11.7. The number of anilines is 1. The number of nitrogens with one attached hydrogen (secondary N) is 1. The van der Waals surface area contributed by atoms with E-state index in [2.05, 4.69) is 5.32 Å². The van der Waals surface area contributed by atoms with Crippen molar-refractivity contribution in [3.63, 3.8) is 0 Å². The summed E-state index contributed by atoms with van der Waals surface area (Å²) in [6.07, 6.45) is 0. The summed E-state index contributed by atoms with van der Waals surface area (Å²) < 4.78 is 0. The van der Waals surface area contributed by atoms with E-state index in [1.807, 2.05) is 30.3 Å². The molecular weight excluding hydrogens is 284 g/mol. The largest absolute Gasteiger partial charge is 0.381 e. The van der Waals surface area contributed by atoms with Gasteiger partial charge in [0.05, 0.1) is 9.95 Å². The lowest BCUT2D eigenvalue weighted by Gasteiger charge is -2.09. The lowest BCUT2D eigenvalue weighted by molar-refractivity contribution is -0.384. The Morgan fingerprint density at radius 3 is 2.47 bits per heavy atom. The third kappa shape index (κ3) is 3.00. The zero-order chi connectivity index (χ0) is 13.8. The Balaban J connectivity index is 2.40. The molecule has 0 aliphatic heterocycles. The predicted octanol–water partition coefficient (Wildman–Crippen LogP) is 4.44. The van der Waals surface area contributed by atoms with E-state index < -0.39 is 4.92 Å². The Hall–Kier alpha value is -1.72. The van der Waals surface area contributed by atoms with Crippen LogP contribution in [0, 0.1) is 10.1 Å². The monoisotopic (exact) mass is 294 g/mol. The molecule has 0 saturated carbocycles. The molecule has 1 N–H and O–H groups in total. The number of benzene rings is 2. The van der Waals surface area contributed by atoms with Crippen molar-refractivity contribution >= 4 is 34.7 Å². The van der Waals surface area contributed by atoms with Crippen molar-refractivity contribution in [1.82, 2.24) is 0 Å². The van der Waals surface area contributed by atoms with E-state index in [9.17, 15) is 10.1 Å². The zero-order valence-electron chi connectivity index (χ0n) is 10.1. The van der Waals surface area contributed by atoms with Crippen molar-refractivity contribution in [3.8, 4) is 0 Å². The van der Waals surface area contributed by atoms with E-state index in [4.69, 9.17) is 11.6 Å². The highest BCUT2D eigenvalue weighted by atomic mass is 35.5. The SMILES string of the molecule is CNc1c([N+](=O)[O-])ccc(Sc2ccccc2)c1Cl. The van der Waals surface area contributed by atoms with E-state index in [0.717, 1.165) is 9.79 Å². The second-order valence-electron chi connectivity index (χ2n) is 3.69. The Morgan fingerprint density at radius 2 is 1.89 bits per heavy atom. The molecule has 0 spiro atoms. The van der Waals surface area contributed by atoms with Crippen LogP contribution in [0.15, 0.2) is 52.3 Å². The maximum absolute atomic E-state index is 10.9. The number of nitro groups is 1. The van der Waals surface area contributed by atoms with Crippen molar-refractivity contribution in [2.24, 2.45) is 0 Å². The van der Waals surface area contributed by atoms with Crippen molar-refractivity contribution in [2.75, 3.05) is 12.4 Å². The molecule has 0 atom stereocenters. The molecule has 0 fully saturated rings. The summed E-state index contributed by atoms with van der Waals surface area (Å²) in [6.45, 7) is 0. The van der Waals surface area contributed by atoms with Gasteiger partial charge < -0.3 is 5.32 Å². The molecule has 0 saturated heterocycles. The van der Waals surface area contributed by atoms with Crippen molar-refractivity contribution in [3.05, 3.63) is 57.6 Å². The Morgan fingerprint density at radius 1 is 1.21 bits per heavy atom. The van der Waals surface area contributed by atoms with Crippen molar-refractivity contribution < 1.29 is 4.92 Å². The average Bonchev–Trinajstić information content (AvgIpc) is 2.41. The third-order valence-electron chi connectivity index (χ3n) is 2.50. The predicted molar refractivity (Wildman–Crippen MR) is 78.2 cm³/mol. The van der Waals surface area contributed by atoms with Crippen LogP contribution in [0.5, 0.6) is 0 Å². The maximum atomic E-state index is 10.9. The molecule has 0 bridgehead atoms. The number of rotatable bonds is 4. The fourth-order valence-corrected chi connectivity index (χ4v) is 2.88. The Labute approximate surface area is 119 Å². The molecule has 0 unspecified atom stereocenters. The molecule has 0 aliphatic carbocycles. The minimum Gasteiger partial charge on any atom is -0.381 e. The standard InChI is InChI=1S/C13H11ClN2O2S/c1-15-13-10(16(17)18)7-8-11(12(13)14)19-9-5-3-2-4-6-9/h2-8,15H,1H3. The molecule has 2 rings (SSSR count).